The van der Waals surface area contributed by atoms with Gasteiger partial charge in [-0.15, -0.1) is 0 Å². The van der Waals surface area contributed by atoms with E-state index in [-0.39, 0.29) is 5.13 Å². The number of rotatable bonds is 2. The van der Waals surface area contributed by atoms with E-state index in [0.29, 0.717) is 10.2 Å². The number of fused-ring (bicyclic) bond motifs is 1. The van der Waals surface area contributed by atoms with Gasteiger partial charge in [-0.25, -0.2) is 9.78 Å². The van der Waals surface area contributed by atoms with Gasteiger partial charge < -0.3 is 5.32 Å². The summed E-state index contributed by atoms with van der Waals surface area (Å²) in [5, 5.41) is 2.66. The van der Waals surface area contributed by atoms with Gasteiger partial charge in [0.05, 0.1) is 10.2 Å². The second kappa shape index (κ2) is 5.87. The number of nitrogens with zero attached hydrogens (tertiary/aromatic N) is 1. The van der Waals surface area contributed by atoms with Crippen LogP contribution in [0.5, 0.6) is 0 Å². The molecule has 1 heterocycles. The Morgan fingerprint density at radius 1 is 1.17 bits per heavy atom. The van der Waals surface area contributed by atoms with Gasteiger partial charge in [-0.1, -0.05) is 23.5 Å². The maximum absolute atomic E-state index is 12.4. The molecule has 0 aliphatic rings. The third-order valence-corrected chi connectivity index (χ3v) is 3.71. The van der Waals surface area contributed by atoms with E-state index in [1.807, 2.05) is 5.32 Å². The molecule has 0 bridgehead atoms. The zero-order chi connectivity index (χ0) is 17.4. The minimum Gasteiger partial charge on any atom is -0.318 e. The summed E-state index contributed by atoms with van der Waals surface area (Å²) in [7, 11) is 0. The fraction of sp³-hybridized carbons (Fsp3) is 0.333. The van der Waals surface area contributed by atoms with Crippen LogP contribution < -0.4 is 10.6 Å². The number of alkyl halides is 6. The Balaban J connectivity index is 2.15. The fourth-order valence-corrected chi connectivity index (χ4v) is 2.69. The van der Waals surface area contributed by atoms with Crippen molar-refractivity contribution in [3.05, 3.63) is 23.8 Å². The third-order valence-electron chi connectivity index (χ3n) is 2.77. The molecule has 1 aromatic carbocycles. The van der Waals surface area contributed by atoms with Crippen molar-refractivity contribution in [2.75, 3.05) is 5.32 Å². The van der Waals surface area contributed by atoms with Crippen LogP contribution in [0.3, 0.4) is 0 Å². The Morgan fingerprint density at radius 2 is 1.78 bits per heavy atom. The molecule has 2 N–H and O–H groups in total. The van der Waals surface area contributed by atoms with Crippen molar-refractivity contribution < 1.29 is 31.1 Å². The van der Waals surface area contributed by atoms with Crippen molar-refractivity contribution in [3.8, 4) is 0 Å². The molecule has 2 amide bonds. The van der Waals surface area contributed by atoms with Crippen LogP contribution in [0.2, 0.25) is 0 Å². The van der Waals surface area contributed by atoms with E-state index in [4.69, 9.17) is 0 Å². The van der Waals surface area contributed by atoms with Crippen LogP contribution in [-0.2, 0) is 0 Å². The molecule has 4 nitrogen and oxygen atoms in total. The molecule has 0 saturated carbocycles. The Bertz CT molecular complexity index is 710. The molecule has 1 aromatic heterocycles. The topological polar surface area (TPSA) is 54.0 Å². The number of hydrogen-bond donors (Lipinski definition) is 2. The van der Waals surface area contributed by atoms with Gasteiger partial charge in [0.1, 0.15) is 0 Å². The van der Waals surface area contributed by atoms with Gasteiger partial charge >= 0.3 is 18.4 Å². The molecule has 2 aromatic rings. The van der Waals surface area contributed by atoms with E-state index in [1.165, 1.54) is 0 Å². The second-order valence-electron chi connectivity index (χ2n) is 4.56. The maximum atomic E-state index is 12.4. The number of nitrogens with one attached hydrogen (secondary N) is 2. The molecule has 0 aliphatic carbocycles. The predicted molar refractivity (Wildman–Crippen MR) is 72.4 cm³/mol. The average molecular weight is 357 g/mol. The summed E-state index contributed by atoms with van der Waals surface area (Å²) in [6.45, 7) is 1.73. The van der Waals surface area contributed by atoms with Gasteiger partial charge in [0.15, 0.2) is 5.13 Å². The van der Waals surface area contributed by atoms with E-state index >= 15 is 0 Å². The van der Waals surface area contributed by atoms with Crippen molar-refractivity contribution in [1.82, 2.24) is 10.3 Å². The van der Waals surface area contributed by atoms with Crippen molar-refractivity contribution >= 4 is 32.7 Å². The number of halogens is 6. The zero-order valence-corrected chi connectivity index (χ0v) is 12.2. The number of para-hydroxylation sites is 1. The second-order valence-corrected chi connectivity index (χ2v) is 5.59. The lowest BCUT2D eigenvalue weighted by molar-refractivity contribution is -0.255. The Hall–Kier alpha value is -2.04. The van der Waals surface area contributed by atoms with E-state index in [2.05, 4.69) is 4.98 Å². The highest BCUT2D eigenvalue weighted by Crippen LogP contribution is 2.33. The monoisotopic (exact) mass is 357 g/mol. The molecular formula is C12H9F6N3OS. The first-order chi connectivity index (χ1) is 10.5. The number of aryl methyl sites for hydroxylation is 1. The Labute approximate surface area is 129 Å². The molecule has 11 heteroatoms. The predicted octanol–water partition coefficient (Wildman–Crippen LogP) is 4.22. The number of hydrogen-bond acceptors (Lipinski definition) is 3. The zero-order valence-electron chi connectivity index (χ0n) is 11.3. The lowest BCUT2D eigenvalue weighted by atomic mass is 10.2. The van der Waals surface area contributed by atoms with E-state index in [0.717, 1.165) is 22.2 Å². The standard InChI is InChI=1S/C12H9F6N3OS/c1-5-3-2-4-6-7(5)19-10(23-6)21-9(22)20-8(11(13,14)15)12(16,17)18/h2-4,8H,1H3,(H2,19,20,21,22). The minimum atomic E-state index is -5.65. The number of benzene rings is 1. The molecule has 0 saturated heterocycles. The normalized spacial score (nSPS) is 12.7. The van der Waals surface area contributed by atoms with Crippen molar-refractivity contribution in [1.29, 1.82) is 0 Å². The van der Waals surface area contributed by atoms with Crippen LogP contribution in [0.4, 0.5) is 36.3 Å². The number of urea groups is 1. The molecule has 0 spiro atoms. The van der Waals surface area contributed by atoms with Gasteiger partial charge in [0.25, 0.3) is 0 Å². The molecule has 0 radical (unpaired) electrons. The van der Waals surface area contributed by atoms with E-state index in [9.17, 15) is 31.1 Å². The quantitative estimate of drug-likeness (QED) is 0.791. The van der Waals surface area contributed by atoms with Crippen LogP contribution in [0, 0.1) is 6.92 Å². The first kappa shape index (κ1) is 17.3. The summed E-state index contributed by atoms with van der Waals surface area (Å²) < 4.78 is 74.8. The molecule has 0 unspecified atom stereocenters. The molecular weight excluding hydrogens is 348 g/mol. The molecule has 126 valence electrons. The van der Waals surface area contributed by atoms with E-state index in [1.54, 1.807) is 25.1 Å². The number of anilines is 1. The maximum Gasteiger partial charge on any atom is 0.417 e. The van der Waals surface area contributed by atoms with Crippen molar-refractivity contribution in [2.45, 2.75) is 25.3 Å². The summed E-state index contributed by atoms with van der Waals surface area (Å²) in [5.41, 5.74) is 1.27. The Kier molecular flexibility index (Phi) is 4.42. The molecule has 23 heavy (non-hydrogen) atoms. The minimum absolute atomic E-state index is 0.102. The number of amides is 2. The summed E-state index contributed by atoms with van der Waals surface area (Å²) >= 11 is 0.936. The van der Waals surface area contributed by atoms with Crippen LogP contribution in [-0.4, -0.2) is 29.4 Å². The van der Waals surface area contributed by atoms with Crippen LogP contribution in [0.1, 0.15) is 5.56 Å². The summed E-state index contributed by atoms with van der Waals surface area (Å²) in [4.78, 5) is 15.4. The lowest BCUT2D eigenvalue weighted by Crippen LogP contribution is -2.55. The number of thiazole rings is 1. The van der Waals surface area contributed by atoms with Crippen molar-refractivity contribution in [3.63, 3.8) is 0 Å². The van der Waals surface area contributed by atoms with Gasteiger partial charge in [-0.05, 0) is 18.6 Å². The lowest BCUT2D eigenvalue weighted by Gasteiger charge is -2.23. The third kappa shape index (κ3) is 4.03. The molecule has 0 aliphatic heterocycles. The van der Waals surface area contributed by atoms with Crippen molar-refractivity contribution in [2.24, 2.45) is 0 Å². The smallest absolute Gasteiger partial charge is 0.318 e. The summed E-state index contributed by atoms with van der Waals surface area (Å²) in [6.07, 6.45) is -11.3. The first-order valence-electron chi connectivity index (χ1n) is 6.05. The van der Waals surface area contributed by atoms with Crippen LogP contribution >= 0.6 is 11.3 Å². The fourth-order valence-electron chi connectivity index (χ4n) is 1.75. The summed E-state index contributed by atoms with van der Waals surface area (Å²) in [6, 6.07) is -0.484. The first-order valence-corrected chi connectivity index (χ1v) is 6.87. The highest BCUT2D eigenvalue weighted by Gasteiger charge is 2.57. The molecule has 2 rings (SSSR count). The van der Waals surface area contributed by atoms with Gasteiger partial charge in [-0.2, -0.15) is 26.3 Å². The van der Waals surface area contributed by atoms with Gasteiger partial charge in [-0.3, -0.25) is 5.32 Å². The van der Waals surface area contributed by atoms with Crippen LogP contribution in [0.15, 0.2) is 18.2 Å². The number of carbonyl (C=O) groups is 1. The summed E-state index contributed by atoms with van der Waals surface area (Å²) in [5.74, 6) is 0. The van der Waals surface area contributed by atoms with Gasteiger partial charge in [0.2, 0.25) is 6.04 Å². The highest BCUT2D eigenvalue weighted by molar-refractivity contribution is 7.22. The molecule has 0 fully saturated rings. The highest BCUT2D eigenvalue weighted by atomic mass is 32.1. The van der Waals surface area contributed by atoms with Gasteiger partial charge in [0, 0.05) is 0 Å². The SMILES string of the molecule is Cc1cccc2sc(NC(=O)NC(C(F)(F)F)C(F)(F)F)nc12. The van der Waals surface area contributed by atoms with E-state index < -0.39 is 24.4 Å². The molecule has 0 atom stereocenters. The largest absolute Gasteiger partial charge is 0.417 e. The Morgan fingerprint density at radius 3 is 2.30 bits per heavy atom. The number of aromatic nitrogens is 1. The average Bonchev–Trinajstić information content (AvgIpc) is 2.77. The number of carbonyl (C=O) groups excluding carboxylic acids is 1. The van der Waals surface area contributed by atoms with Crippen LogP contribution in [0.25, 0.3) is 10.2 Å².